The van der Waals surface area contributed by atoms with Crippen molar-refractivity contribution in [3.05, 3.63) is 63.6 Å². The van der Waals surface area contributed by atoms with Crippen molar-refractivity contribution in [2.45, 2.75) is 53.2 Å². The maximum atomic E-state index is 13.0. The predicted octanol–water partition coefficient (Wildman–Crippen LogP) is 4.39. The largest absolute Gasteiger partial charge is 0.483 e. The first kappa shape index (κ1) is 22.9. The quantitative estimate of drug-likeness (QED) is 0.635. The first-order chi connectivity index (χ1) is 13.7. The van der Waals surface area contributed by atoms with Crippen LogP contribution in [0.1, 0.15) is 37.5 Å². The maximum absolute atomic E-state index is 13.0. The summed E-state index contributed by atoms with van der Waals surface area (Å²) in [5, 5.41) is 2.88. The van der Waals surface area contributed by atoms with Crippen molar-refractivity contribution in [3.8, 4) is 5.75 Å². The zero-order valence-corrected chi connectivity index (χ0v) is 19.2. The van der Waals surface area contributed by atoms with E-state index in [1.165, 1.54) is 0 Å². The molecule has 0 aliphatic rings. The number of carbonyl (C=O) groups excluding carboxylic acids is 2. The van der Waals surface area contributed by atoms with Crippen molar-refractivity contribution < 1.29 is 14.3 Å². The Morgan fingerprint density at radius 2 is 1.79 bits per heavy atom. The molecule has 0 bridgehead atoms. The number of hydrogen-bond donors (Lipinski definition) is 1. The minimum absolute atomic E-state index is 0.000958. The highest BCUT2D eigenvalue weighted by Gasteiger charge is 2.27. The zero-order valence-electron chi connectivity index (χ0n) is 17.7. The molecule has 2 rings (SSSR count). The van der Waals surface area contributed by atoms with Gasteiger partial charge < -0.3 is 15.0 Å². The van der Waals surface area contributed by atoms with Crippen molar-refractivity contribution in [3.63, 3.8) is 0 Å². The van der Waals surface area contributed by atoms with Crippen LogP contribution in [0.4, 0.5) is 0 Å². The third kappa shape index (κ3) is 6.60. The fourth-order valence-corrected chi connectivity index (χ4v) is 3.37. The Kier molecular flexibility index (Phi) is 8.26. The van der Waals surface area contributed by atoms with E-state index in [0.29, 0.717) is 12.3 Å². The van der Waals surface area contributed by atoms with E-state index in [9.17, 15) is 9.59 Å². The smallest absolute Gasteiger partial charge is 0.261 e. The molecule has 29 heavy (non-hydrogen) atoms. The molecule has 0 saturated heterocycles. The molecule has 2 amide bonds. The number of hydrogen-bond acceptors (Lipinski definition) is 3. The van der Waals surface area contributed by atoms with Crippen molar-refractivity contribution >= 4 is 27.7 Å². The predicted molar refractivity (Wildman–Crippen MR) is 119 cm³/mol. The highest BCUT2D eigenvalue weighted by atomic mass is 79.9. The van der Waals surface area contributed by atoms with Gasteiger partial charge in [0.2, 0.25) is 5.91 Å². The van der Waals surface area contributed by atoms with Crippen LogP contribution in [0.15, 0.2) is 46.9 Å². The number of rotatable bonds is 8. The summed E-state index contributed by atoms with van der Waals surface area (Å²) >= 11 is 3.46. The minimum Gasteiger partial charge on any atom is -0.483 e. The van der Waals surface area contributed by atoms with Gasteiger partial charge >= 0.3 is 0 Å². The molecule has 5 nitrogen and oxygen atoms in total. The lowest BCUT2D eigenvalue weighted by molar-refractivity contribution is -0.142. The molecule has 0 spiro atoms. The number of aryl methyl sites for hydroxylation is 1. The van der Waals surface area contributed by atoms with Crippen LogP contribution >= 0.6 is 15.9 Å². The average molecular weight is 461 g/mol. The van der Waals surface area contributed by atoms with E-state index in [2.05, 4.69) is 21.2 Å². The van der Waals surface area contributed by atoms with Crippen LogP contribution < -0.4 is 10.1 Å². The molecule has 0 aromatic heterocycles. The first-order valence-electron chi connectivity index (χ1n) is 9.72. The van der Waals surface area contributed by atoms with Gasteiger partial charge in [0.15, 0.2) is 6.61 Å². The lowest BCUT2D eigenvalue weighted by Crippen LogP contribution is -2.50. The number of ether oxygens (including phenoxy) is 1. The Labute approximate surface area is 181 Å². The van der Waals surface area contributed by atoms with Gasteiger partial charge in [-0.05, 0) is 69.5 Å². The van der Waals surface area contributed by atoms with E-state index in [1.54, 1.807) is 11.8 Å². The molecule has 0 saturated carbocycles. The van der Waals surface area contributed by atoms with Gasteiger partial charge in [-0.15, -0.1) is 0 Å². The number of halogens is 1. The third-order valence-electron chi connectivity index (χ3n) is 4.75. The Balaban J connectivity index is 2.19. The fraction of sp³-hybridized carbons (Fsp3) is 0.391. The topological polar surface area (TPSA) is 58.6 Å². The monoisotopic (exact) mass is 460 g/mol. The van der Waals surface area contributed by atoms with Crippen molar-refractivity contribution in [2.75, 3.05) is 6.61 Å². The molecule has 1 atom stereocenters. The molecule has 2 aromatic rings. The molecule has 0 heterocycles. The normalized spacial score (nSPS) is 11.8. The molecule has 0 aliphatic heterocycles. The second kappa shape index (κ2) is 10.4. The van der Waals surface area contributed by atoms with Crippen LogP contribution in [0.3, 0.4) is 0 Å². The van der Waals surface area contributed by atoms with E-state index < -0.39 is 6.04 Å². The van der Waals surface area contributed by atoms with Gasteiger partial charge in [0.1, 0.15) is 11.8 Å². The molecule has 156 valence electrons. The lowest BCUT2D eigenvalue weighted by atomic mass is 10.1. The Bertz CT molecular complexity index is 867. The highest BCUT2D eigenvalue weighted by Crippen LogP contribution is 2.21. The Morgan fingerprint density at radius 1 is 1.10 bits per heavy atom. The number of benzene rings is 2. The van der Waals surface area contributed by atoms with Gasteiger partial charge in [-0.3, -0.25) is 9.59 Å². The van der Waals surface area contributed by atoms with E-state index in [0.717, 1.165) is 21.2 Å². The molecule has 0 aliphatic carbocycles. The average Bonchev–Trinajstić information content (AvgIpc) is 2.66. The standard InChI is InChI=1S/C23H29BrN2O3/c1-15(2)25-23(28)18(5)26(13-19-9-7-10-20(24)12-19)22(27)14-29-21-11-6-8-16(3)17(21)4/h6-12,15,18H,13-14H2,1-5H3,(H,25,28). The minimum atomic E-state index is -0.619. The maximum Gasteiger partial charge on any atom is 0.261 e. The van der Waals surface area contributed by atoms with Crippen molar-refractivity contribution in [1.82, 2.24) is 10.2 Å². The van der Waals surface area contributed by atoms with Gasteiger partial charge in [-0.25, -0.2) is 0 Å². The molecule has 6 heteroatoms. The zero-order chi connectivity index (χ0) is 21.6. The summed E-state index contributed by atoms with van der Waals surface area (Å²) in [5.74, 6) is 0.257. The number of carbonyl (C=O) groups is 2. The summed E-state index contributed by atoms with van der Waals surface area (Å²) in [6, 6.07) is 12.8. The van der Waals surface area contributed by atoms with Gasteiger partial charge in [0.25, 0.3) is 5.91 Å². The third-order valence-corrected chi connectivity index (χ3v) is 5.24. The van der Waals surface area contributed by atoms with Gasteiger partial charge in [0, 0.05) is 17.1 Å². The number of nitrogens with one attached hydrogen (secondary N) is 1. The van der Waals surface area contributed by atoms with Crippen LogP contribution in [0.2, 0.25) is 0 Å². The molecule has 2 aromatic carbocycles. The van der Waals surface area contributed by atoms with Crippen LogP contribution in [0, 0.1) is 13.8 Å². The van der Waals surface area contributed by atoms with Crippen LogP contribution in [-0.2, 0) is 16.1 Å². The molecule has 1 unspecified atom stereocenters. The Morgan fingerprint density at radius 3 is 2.45 bits per heavy atom. The van der Waals surface area contributed by atoms with E-state index in [-0.39, 0.29) is 24.5 Å². The summed E-state index contributed by atoms with van der Waals surface area (Å²) in [4.78, 5) is 27.2. The van der Waals surface area contributed by atoms with Gasteiger partial charge in [0.05, 0.1) is 0 Å². The summed E-state index contributed by atoms with van der Waals surface area (Å²) in [6.07, 6.45) is 0. The SMILES string of the molecule is Cc1cccc(OCC(=O)N(Cc2cccc(Br)c2)C(C)C(=O)NC(C)C)c1C. The second-order valence-electron chi connectivity index (χ2n) is 7.48. The number of amides is 2. The summed E-state index contributed by atoms with van der Waals surface area (Å²) in [6.45, 7) is 9.70. The van der Waals surface area contributed by atoms with E-state index in [4.69, 9.17) is 4.74 Å². The van der Waals surface area contributed by atoms with Crippen molar-refractivity contribution in [2.24, 2.45) is 0 Å². The molecule has 1 N–H and O–H groups in total. The molecule has 0 radical (unpaired) electrons. The van der Waals surface area contributed by atoms with Crippen LogP contribution in [-0.4, -0.2) is 35.4 Å². The molecular formula is C23H29BrN2O3. The van der Waals surface area contributed by atoms with Gasteiger partial charge in [-0.1, -0.05) is 40.2 Å². The van der Waals surface area contributed by atoms with E-state index in [1.807, 2.05) is 70.2 Å². The van der Waals surface area contributed by atoms with Crippen LogP contribution in [0.5, 0.6) is 5.75 Å². The van der Waals surface area contributed by atoms with Gasteiger partial charge in [-0.2, -0.15) is 0 Å². The fourth-order valence-electron chi connectivity index (χ4n) is 2.92. The molecule has 0 fully saturated rings. The highest BCUT2D eigenvalue weighted by molar-refractivity contribution is 9.10. The lowest BCUT2D eigenvalue weighted by Gasteiger charge is -2.29. The summed E-state index contributed by atoms with van der Waals surface area (Å²) in [7, 11) is 0. The van der Waals surface area contributed by atoms with E-state index >= 15 is 0 Å². The van der Waals surface area contributed by atoms with Crippen LogP contribution in [0.25, 0.3) is 0 Å². The summed E-state index contributed by atoms with van der Waals surface area (Å²) in [5.41, 5.74) is 3.04. The Hall–Kier alpha value is -2.34. The molecular weight excluding hydrogens is 432 g/mol. The second-order valence-corrected chi connectivity index (χ2v) is 8.39. The van der Waals surface area contributed by atoms with Crippen molar-refractivity contribution in [1.29, 1.82) is 0 Å². The summed E-state index contributed by atoms with van der Waals surface area (Å²) < 4.78 is 6.73. The first-order valence-corrected chi connectivity index (χ1v) is 10.5. The number of nitrogens with zero attached hydrogens (tertiary/aromatic N) is 1.